The predicted octanol–water partition coefficient (Wildman–Crippen LogP) is 2.73. The van der Waals surface area contributed by atoms with Crippen LogP contribution in [0.3, 0.4) is 0 Å². The van der Waals surface area contributed by atoms with Gasteiger partial charge in [0.2, 0.25) is 0 Å². The second-order valence-corrected chi connectivity index (χ2v) is 4.69. The monoisotopic (exact) mass is 219 g/mol. The molecule has 3 heteroatoms. The summed E-state index contributed by atoms with van der Waals surface area (Å²) in [4.78, 5) is 11.5. The van der Waals surface area contributed by atoms with Crippen LogP contribution in [-0.2, 0) is 6.54 Å². The Hall–Kier alpha value is -1.38. The fourth-order valence-electron chi connectivity index (χ4n) is 2.92. The van der Waals surface area contributed by atoms with Crippen molar-refractivity contribution in [2.45, 2.75) is 38.1 Å². The topological polar surface area (TPSA) is 29.1 Å². The minimum Gasteiger partial charge on any atom is -0.348 e. The summed E-state index contributed by atoms with van der Waals surface area (Å²) in [6.07, 6.45) is 4.70. The first kappa shape index (κ1) is 9.82. The van der Waals surface area contributed by atoms with Crippen LogP contribution in [0.15, 0.2) is 12.1 Å². The summed E-state index contributed by atoms with van der Waals surface area (Å²) < 4.78 is 13.5. The van der Waals surface area contributed by atoms with Gasteiger partial charge in [0.25, 0.3) is 5.91 Å². The van der Waals surface area contributed by atoms with Crippen LogP contribution in [0.5, 0.6) is 0 Å². The van der Waals surface area contributed by atoms with Crippen molar-refractivity contribution in [3.63, 3.8) is 0 Å². The molecule has 1 aliphatic heterocycles. The van der Waals surface area contributed by atoms with E-state index in [0.717, 1.165) is 24.0 Å². The van der Waals surface area contributed by atoms with Gasteiger partial charge in [-0.25, -0.2) is 4.39 Å². The molecule has 84 valence electrons. The van der Waals surface area contributed by atoms with Gasteiger partial charge in [0, 0.05) is 12.1 Å². The van der Waals surface area contributed by atoms with Crippen LogP contribution in [0, 0.1) is 5.82 Å². The van der Waals surface area contributed by atoms with E-state index >= 15 is 0 Å². The average Bonchev–Trinajstić information content (AvgIpc) is 2.88. The standard InChI is InChI=1S/C13H14FNO/c14-9-5-10(8-3-1-2-4-8)12-7-15-13(16)11(12)6-9/h5-6,8H,1-4,7H2,(H,15,16). The Balaban J connectivity index is 2.10. The van der Waals surface area contributed by atoms with E-state index in [1.54, 1.807) is 6.07 Å². The van der Waals surface area contributed by atoms with Crippen molar-refractivity contribution in [1.82, 2.24) is 5.32 Å². The molecule has 0 unspecified atom stereocenters. The largest absolute Gasteiger partial charge is 0.348 e. The minimum atomic E-state index is -0.280. The van der Waals surface area contributed by atoms with Crippen molar-refractivity contribution < 1.29 is 9.18 Å². The summed E-state index contributed by atoms with van der Waals surface area (Å²) in [6.45, 7) is 0.570. The van der Waals surface area contributed by atoms with Gasteiger partial charge in [-0.3, -0.25) is 4.79 Å². The molecule has 1 aliphatic carbocycles. The molecule has 1 aromatic rings. The summed E-state index contributed by atoms with van der Waals surface area (Å²) in [6, 6.07) is 2.98. The molecular weight excluding hydrogens is 205 g/mol. The lowest BCUT2D eigenvalue weighted by Gasteiger charge is -2.13. The first-order valence-corrected chi connectivity index (χ1v) is 5.86. The number of fused-ring (bicyclic) bond motifs is 1. The lowest BCUT2D eigenvalue weighted by molar-refractivity contribution is 0.0965. The number of hydrogen-bond donors (Lipinski definition) is 1. The molecule has 1 aromatic carbocycles. The van der Waals surface area contributed by atoms with Gasteiger partial charge in [-0.05, 0) is 42.0 Å². The molecule has 0 aromatic heterocycles. The molecule has 0 bridgehead atoms. The third-order valence-electron chi connectivity index (χ3n) is 3.71. The van der Waals surface area contributed by atoms with Gasteiger partial charge in [-0.15, -0.1) is 0 Å². The zero-order valence-corrected chi connectivity index (χ0v) is 9.05. The lowest BCUT2D eigenvalue weighted by atomic mass is 9.91. The van der Waals surface area contributed by atoms with E-state index in [4.69, 9.17) is 0 Å². The Morgan fingerprint density at radius 1 is 1.25 bits per heavy atom. The quantitative estimate of drug-likeness (QED) is 0.773. The smallest absolute Gasteiger partial charge is 0.252 e. The average molecular weight is 219 g/mol. The number of nitrogens with one attached hydrogen (secondary N) is 1. The fourth-order valence-corrected chi connectivity index (χ4v) is 2.92. The van der Waals surface area contributed by atoms with Crippen molar-refractivity contribution in [2.24, 2.45) is 0 Å². The molecule has 1 N–H and O–H groups in total. The molecule has 3 rings (SSSR count). The van der Waals surface area contributed by atoms with Gasteiger partial charge in [0.05, 0.1) is 0 Å². The molecular formula is C13H14FNO. The highest BCUT2D eigenvalue weighted by Crippen LogP contribution is 2.38. The Labute approximate surface area is 93.9 Å². The summed E-state index contributed by atoms with van der Waals surface area (Å²) in [5.41, 5.74) is 2.63. The van der Waals surface area contributed by atoms with Crippen LogP contribution < -0.4 is 5.32 Å². The molecule has 0 saturated heterocycles. The summed E-state index contributed by atoms with van der Waals surface area (Å²) in [5.74, 6) is 0.0450. The number of halogens is 1. The van der Waals surface area contributed by atoms with Crippen LogP contribution in [-0.4, -0.2) is 5.91 Å². The van der Waals surface area contributed by atoms with E-state index in [0.29, 0.717) is 18.0 Å². The Morgan fingerprint density at radius 3 is 2.75 bits per heavy atom. The van der Waals surface area contributed by atoms with Crippen molar-refractivity contribution in [3.05, 3.63) is 34.6 Å². The van der Waals surface area contributed by atoms with Gasteiger partial charge >= 0.3 is 0 Å². The van der Waals surface area contributed by atoms with Crippen LogP contribution in [0.4, 0.5) is 4.39 Å². The Bertz CT molecular complexity index is 449. The van der Waals surface area contributed by atoms with E-state index < -0.39 is 0 Å². The molecule has 1 heterocycles. The fraction of sp³-hybridized carbons (Fsp3) is 0.462. The Kier molecular flexibility index (Phi) is 2.20. The molecule has 2 aliphatic rings. The normalized spacial score (nSPS) is 19.9. The van der Waals surface area contributed by atoms with Crippen LogP contribution >= 0.6 is 0 Å². The van der Waals surface area contributed by atoms with Crippen molar-refractivity contribution >= 4 is 5.91 Å². The van der Waals surface area contributed by atoms with Crippen LogP contribution in [0.1, 0.15) is 53.1 Å². The van der Waals surface area contributed by atoms with Gasteiger partial charge in [-0.1, -0.05) is 12.8 Å². The summed E-state index contributed by atoms with van der Waals surface area (Å²) in [7, 11) is 0. The first-order valence-electron chi connectivity index (χ1n) is 5.86. The van der Waals surface area contributed by atoms with Gasteiger partial charge < -0.3 is 5.32 Å². The molecule has 2 nitrogen and oxygen atoms in total. The predicted molar refractivity (Wildman–Crippen MR) is 58.8 cm³/mol. The highest BCUT2D eigenvalue weighted by molar-refractivity contribution is 5.98. The van der Waals surface area contributed by atoms with Gasteiger partial charge in [0.15, 0.2) is 0 Å². The molecule has 0 radical (unpaired) electrons. The maximum absolute atomic E-state index is 13.5. The third-order valence-corrected chi connectivity index (χ3v) is 3.71. The maximum atomic E-state index is 13.5. The Morgan fingerprint density at radius 2 is 2.00 bits per heavy atom. The van der Waals surface area contributed by atoms with E-state index in [1.165, 1.54) is 18.9 Å². The highest BCUT2D eigenvalue weighted by atomic mass is 19.1. The molecule has 1 amide bonds. The van der Waals surface area contributed by atoms with Crippen molar-refractivity contribution in [1.29, 1.82) is 0 Å². The van der Waals surface area contributed by atoms with Gasteiger partial charge in [-0.2, -0.15) is 0 Å². The number of rotatable bonds is 1. The van der Waals surface area contributed by atoms with Crippen molar-refractivity contribution in [3.8, 4) is 0 Å². The van der Waals surface area contributed by atoms with Crippen LogP contribution in [0.2, 0.25) is 0 Å². The second kappa shape index (κ2) is 3.58. The molecule has 16 heavy (non-hydrogen) atoms. The zero-order chi connectivity index (χ0) is 11.1. The van der Waals surface area contributed by atoms with E-state index in [1.807, 2.05) is 0 Å². The maximum Gasteiger partial charge on any atom is 0.252 e. The number of carbonyl (C=O) groups excluding carboxylic acids is 1. The molecule has 0 spiro atoms. The van der Waals surface area contributed by atoms with E-state index in [9.17, 15) is 9.18 Å². The van der Waals surface area contributed by atoms with Crippen LogP contribution in [0.25, 0.3) is 0 Å². The molecule has 1 fully saturated rings. The molecule has 1 saturated carbocycles. The van der Waals surface area contributed by atoms with Crippen molar-refractivity contribution in [2.75, 3.05) is 0 Å². The zero-order valence-electron chi connectivity index (χ0n) is 9.05. The number of hydrogen-bond acceptors (Lipinski definition) is 1. The molecule has 0 atom stereocenters. The number of benzene rings is 1. The highest BCUT2D eigenvalue weighted by Gasteiger charge is 2.27. The first-order chi connectivity index (χ1) is 7.75. The lowest BCUT2D eigenvalue weighted by Crippen LogP contribution is -2.12. The second-order valence-electron chi connectivity index (χ2n) is 4.69. The third kappa shape index (κ3) is 1.42. The van der Waals surface area contributed by atoms with E-state index in [2.05, 4.69) is 5.32 Å². The summed E-state index contributed by atoms with van der Waals surface area (Å²) in [5, 5.41) is 2.77. The summed E-state index contributed by atoms with van der Waals surface area (Å²) >= 11 is 0. The van der Waals surface area contributed by atoms with E-state index in [-0.39, 0.29) is 11.7 Å². The number of carbonyl (C=O) groups is 1. The van der Waals surface area contributed by atoms with Gasteiger partial charge in [0.1, 0.15) is 5.82 Å². The SMILES string of the molecule is O=C1NCc2c1cc(F)cc2C1CCCC1. The number of amides is 1. The minimum absolute atomic E-state index is 0.131.